The predicted molar refractivity (Wildman–Crippen MR) is 320 cm³/mol. The Balaban J connectivity index is 3.39. The largest absolute Gasteiger partial charge is 0.466 e. The third-order valence-electron chi connectivity index (χ3n) is 15.5. The van der Waals surface area contributed by atoms with E-state index < -0.39 is 12.1 Å². The SMILES string of the molecule is CCCCCC/C=C\CCCCCCCC(=O)OCCCCCCCCCCCCCC/C=C\CCCCCCCCCCCCC(=O)NC(CO)C(O)CCCCCCCCCCCCCCCCCCC. The molecule has 0 aliphatic rings. The normalized spacial score (nSPS) is 12.7. The molecule has 0 rings (SSSR count). The Morgan fingerprint density at radius 2 is 0.644 bits per heavy atom. The Morgan fingerprint density at radius 1 is 0.370 bits per heavy atom. The lowest BCUT2D eigenvalue weighted by Crippen LogP contribution is -2.45. The Bertz CT molecular complexity index is 1140. The van der Waals surface area contributed by atoms with Crippen LogP contribution >= 0.6 is 0 Å². The molecule has 0 spiro atoms. The number of unbranched alkanes of at least 4 members (excludes halogenated alkanes) is 47. The van der Waals surface area contributed by atoms with E-state index >= 15 is 0 Å². The maximum absolute atomic E-state index is 12.5. The van der Waals surface area contributed by atoms with Gasteiger partial charge in [0, 0.05) is 12.8 Å². The molecule has 0 aliphatic carbocycles. The van der Waals surface area contributed by atoms with Crippen molar-refractivity contribution < 1.29 is 24.5 Å². The van der Waals surface area contributed by atoms with Crippen LogP contribution in [0.4, 0.5) is 0 Å². The molecule has 0 saturated heterocycles. The van der Waals surface area contributed by atoms with Crippen LogP contribution < -0.4 is 5.32 Å². The third kappa shape index (κ3) is 59.4. The van der Waals surface area contributed by atoms with Crippen LogP contribution in [0.25, 0.3) is 0 Å². The van der Waals surface area contributed by atoms with Crippen molar-refractivity contribution in [2.24, 2.45) is 0 Å². The number of hydrogen-bond acceptors (Lipinski definition) is 5. The highest BCUT2D eigenvalue weighted by Crippen LogP contribution is 2.18. The molecule has 0 fully saturated rings. The number of aliphatic hydroxyl groups excluding tert-OH is 2. The van der Waals surface area contributed by atoms with E-state index in [0.717, 1.165) is 44.9 Å². The van der Waals surface area contributed by atoms with Crippen LogP contribution in [0.15, 0.2) is 24.3 Å². The lowest BCUT2D eigenvalue weighted by Gasteiger charge is -2.22. The van der Waals surface area contributed by atoms with E-state index in [1.807, 2.05) is 0 Å². The van der Waals surface area contributed by atoms with Gasteiger partial charge in [-0.3, -0.25) is 9.59 Å². The second-order valence-electron chi connectivity index (χ2n) is 22.8. The molecular formula is C67H129NO5. The summed E-state index contributed by atoms with van der Waals surface area (Å²) in [6.07, 6.45) is 77.7. The van der Waals surface area contributed by atoms with Gasteiger partial charge >= 0.3 is 5.97 Å². The lowest BCUT2D eigenvalue weighted by molar-refractivity contribution is -0.143. The topological polar surface area (TPSA) is 95.9 Å². The number of carbonyl (C=O) groups excluding carboxylic acids is 2. The third-order valence-corrected chi connectivity index (χ3v) is 15.5. The van der Waals surface area contributed by atoms with Crippen LogP contribution in [-0.4, -0.2) is 47.4 Å². The van der Waals surface area contributed by atoms with Crippen LogP contribution in [0.2, 0.25) is 0 Å². The first-order chi connectivity index (χ1) is 36.0. The average molecular weight is 1030 g/mol. The van der Waals surface area contributed by atoms with Crippen molar-refractivity contribution in [3.05, 3.63) is 24.3 Å². The Kier molecular flexibility index (Phi) is 61.4. The molecule has 73 heavy (non-hydrogen) atoms. The number of ether oxygens (including phenoxy) is 1. The van der Waals surface area contributed by atoms with Gasteiger partial charge in [-0.15, -0.1) is 0 Å². The zero-order chi connectivity index (χ0) is 52.9. The average Bonchev–Trinajstić information content (AvgIpc) is 3.39. The fraction of sp³-hybridized carbons (Fsp3) is 0.910. The Labute approximate surface area is 456 Å². The summed E-state index contributed by atoms with van der Waals surface area (Å²) < 4.78 is 5.48. The van der Waals surface area contributed by atoms with Crippen molar-refractivity contribution in [2.45, 2.75) is 379 Å². The number of hydrogen-bond donors (Lipinski definition) is 3. The van der Waals surface area contributed by atoms with Crippen LogP contribution in [-0.2, 0) is 14.3 Å². The highest BCUT2D eigenvalue weighted by atomic mass is 16.5. The van der Waals surface area contributed by atoms with Gasteiger partial charge in [0.15, 0.2) is 0 Å². The molecule has 3 N–H and O–H groups in total. The van der Waals surface area contributed by atoms with Gasteiger partial charge in [-0.25, -0.2) is 0 Å². The molecule has 0 bridgehead atoms. The molecule has 0 aliphatic heterocycles. The van der Waals surface area contributed by atoms with Gasteiger partial charge in [0.2, 0.25) is 5.91 Å². The molecular weight excluding hydrogens is 899 g/mol. The van der Waals surface area contributed by atoms with Crippen molar-refractivity contribution in [1.29, 1.82) is 0 Å². The van der Waals surface area contributed by atoms with Crippen LogP contribution in [0.5, 0.6) is 0 Å². The van der Waals surface area contributed by atoms with Gasteiger partial charge in [0.05, 0.1) is 25.4 Å². The van der Waals surface area contributed by atoms with Gasteiger partial charge < -0.3 is 20.3 Å². The summed E-state index contributed by atoms with van der Waals surface area (Å²) in [5.74, 6) is -0.0283. The summed E-state index contributed by atoms with van der Waals surface area (Å²) in [6.45, 7) is 4.96. The van der Waals surface area contributed by atoms with Crippen molar-refractivity contribution in [3.8, 4) is 0 Å². The first-order valence-corrected chi connectivity index (χ1v) is 33.1. The van der Waals surface area contributed by atoms with Gasteiger partial charge in [-0.2, -0.15) is 0 Å². The quantitative estimate of drug-likeness (QED) is 0.0320. The number of allylic oxidation sites excluding steroid dienone is 4. The maximum Gasteiger partial charge on any atom is 0.305 e. The van der Waals surface area contributed by atoms with Gasteiger partial charge in [0.25, 0.3) is 0 Å². The highest BCUT2D eigenvalue weighted by Gasteiger charge is 2.20. The molecule has 0 saturated carbocycles. The molecule has 1 amide bonds. The molecule has 0 heterocycles. The first-order valence-electron chi connectivity index (χ1n) is 33.1. The van der Waals surface area contributed by atoms with Gasteiger partial charge in [0.1, 0.15) is 0 Å². The summed E-state index contributed by atoms with van der Waals surface area (Å²) in [5.41, 5.74) is 0. The molecule has 0 aromatic carbocycles. The predicted octanol–water partition coefficient (Wildman–Crippen LogP) is 21.0. The van der Waals surface area contributed by atoms with E-state index in [1.54, 1.807) is 0 Å². The van der Waals surface area contributed by atoms with Crippen molar-refractivity contribution in [2.75, 3.05) is 13.2 Å². The summed E-state index contributed by atoms with van der Waals surface area (Å²) in [4.78, 5) is 24.5. The monoisotopic (exact) mass is 1030 g/mol. The molecule has 432 valence electrons. The molecule has 6 heteroatoms. The molecule has 0 aromatic heterocycles. The minimum absolute atomic E-state index is 0.00553. The molecule has 6 nitrogen and oxygen atoms in total. The van der Waals surface area contributed by atoms with Gasteiger partial charge in [-0.05, 0) is 77.0 Å². The summed E-state index contributed by atoms with van der Waals surface area (Å²) in [5, 5.41) is 23.3. The Hall–Kier alpha value is -1.66. The summed E-state index contributed by atoms with van der Waals surface area (Å²) in [6, 6.07) is -0.543. The number of carbonyl (C=O) groups is 2. The summed E-state index contributed by atoms with van der Waals surface area (Å²) >= 11 is 0. The number of nitrogens with one attached hydrogen (secondary N) is 1. The second kappa shape index (κ2) is 62.9. The standard InChI is InChI=1S/C67H129NO5/c1-3-5-7-9-11-13-15-17-18-29-32-36-39-43-47-51-55-59-65(70)64(63-69)68-66(71)60-56-52-48-44-40-37-33-30-27-25-23-21-19-20-22-24-26-28-31-34-38-42-46-50-54-58-62-73-67(72)61-57-53-49-45-41-35-16-14-12-10-8-6-4-2/h14,16,19,21,64-65,69-70H,3-13,15,17-18,20,22-63H2,1-2H3,(H,68,71)/b16-14-,21-19-. The van der Waals surface area contributed by atoms with E-state index in [9.17, 15) is 19.8 Å². The van der Waals surface area contributed by atoms with Crippen LogP contribution in [0.1, 0.15) is 367 Å². The van der Waals surface area contributed by atoms with E-state index in [1.165, 1.54) is 289 Å². The van der Waals surface area contributed by atoms with Crippen molar-refractivity contribution >= 4 is 11.9 Å². The minimum atomic E-state index is -0.665. The number of esters is 1. The maximum atomic E-state index is 12.5. The first kappa shape index (κ1) is 71.3. The molecule has 0 radical (unpaired) electrons. The number of rotatable bonds is 62. The van der Waals surface area contributed by atoms with Crippen molar-refractivity contribution in [1.82, 2.24) is 5.32 Å². The summed E-state index contributed by atoms with van der Waals surface area (Å²) in [7, 11) is 0. The number of aliphatic hydroxyl groups is 2. The fourth-order valence-corrected chi connectivity index (χ4v) is 10.4. The van der Waals surface area contributed by atoms with Crippen molar-refractivity contribution in [3.63, 3.8) is 0 Å². The van der Waals surface area contributed by atoms with E-state index in [2.05, 4.69) is 43.5 Å². The number of amides is 1. The molecule has 2 atom stereocenters. The zero-order valence-electron chi connectivity index (χ0n) is 49.4. The smallest absolute Gasteiger partial charge is 0.305 e. The van der Waals surface area contributed by atoms with Crippen LogP contribution in [0.3, 0.4) is 0 Å². The fourth-order valence-electron chi connectivity index (χ4n) is 10.4. The van der Waals surface area contributed by atoms with Gasteiger partial charge in [-0.1, -0.05) is 301 Å². The second-order valence-corrected chi connectivity index (χ2v) is 22.8. The van der Waals surface area contributed by atoms with E-state index in [4.69, 9.17) is 4.74 Å². The van der Waals surface area contributed by atoms with Crippen LogP contribution in [0, 0.1) is 0 Å². The highest BCUT2D eigenvalue weighted by molar-refractivity contribution is 5.76. The Morgan fingerprint density at radius 3 is 0.986 bits per heavy atom. The van der Waals surface area contributed by atoms with E-state index in [-0.39, 0.29) is 18.5 Å². The molecule has 0 aromatic rings. The molecule has 2 unspecified atom stereocenters. The zero-order valence-corrected chi connectivity index (χ0v) is 49.4. The minimum Gasteiger partial charge on any atom is -0.466 e. The van der Waals surface area contributed by atoms with E-state index in [0.29, 0.717) is 25.9 Å². The lowest BCUT2D eigenvalue weighted by atomic mass is 10.0.